The molecule has 12 nitrogen and oxygen atoms in total. The SMILES string of the molecule is CC(C)c1cn(S(=O)(=O)Cc2ccccc2)c2ccc(Oc3c(Br)cc(N=NC(C#N)C(=O)NC(=O)O)cc3Br)nc12. The second kappa shape index (κ2) is 12.8. The number of rotatable bonds is 9. The lowest BCUT2D eigenvalue weighted by Gasteiger charge is -2.11. The zero-order valence-corrected chi connectivity index (χ0v) is 26.0. The lowest BCUT2D eigenvalue weighted by molar-refractivity contribution is -0.120. The van der Waals surface area contributed by atoms with Crippen molar-refractivity contribution < 1.29 is 27.9 Å². The van der Waals surface area contributed by atoms with Gasteiger partial charge in [0.25, 0.3) is 5.91 Å². The zero-order valence-electron chi connectivity index (χ0n) is 22.0. The number of halogens is 2. The summed E-state index contributed by atoms with van der Waals surface area (Å²) in [4.78, 5) is 27.0. The van der Waals surface area contributed by atoms with Gasteiger partial charge in [-0.25, -0.2) is 22.2 Å². The number of nitrogens with zero attached hydrogens (tertiary/aromatic N) is 5. The number of pyridine rings is 1. The number of ether oxygens (including phenoxy) is 1. The van der Waals surface area contributed by atoms with Crippen LogP contribution in [0.3, 0.4) is 0 Å². The number of amides is 2. The van der Waals surface area contributed by atoms with Crippen molar-refractivity contribution in [3.05, 3.63) is 80.9 Å². The van der Waals surface area contributed by atoms with Gasteiger partial charge in [-0.3, -0.25) is 10.1 Å². The van der Waals surface area contributed by atoms with Gasteiger partial charge >= 0.3 is 6.09 Å². The summed E-state index contributed by atoms with van der Waals surface area (Å²) in [5, 5.41) is 26.8. The van der Waals surface area contributed by atoms with Crippen molar-refractivity contribution in [2.45, 2.75) is 31.6 Å². The van der Waals surface area contributed by atoms with Crippen LogP contribution in [0.5, 0.6) is 11.6 Å². The van der Waals surface area contributed by atoms with E-state index < -0.39 is 28.1 Å². The van der Waals surface area contributed by atoms with Gasteiger partial charge in [0.15, 0.2) is 5.75 Å². The van der Waals surface area contributed by atoms with Gasteiger partial charge in [-0.15, -0.1) is 0 Å². The monoisotopic (exact) mass is 716 g/mol. The van der Waals surface area contributed by atoms with Crippen molar-refractivity contribution in [1.29, 1.82) is 5.26 Å². The van der Waals surface area contributed by atoms with E-state index in [9.17, 15) is 18.0 Å². The average Bonchev–Trinajstić information content (AvgIpc) is 3.31. The Morgan fingerprint density at radius 3 is 2.40 bits per heavy atom. The van der Waals surface area contributed by atoms with E-state index in [1.165, 1.54) is 16.1 Å². The summed E-state index contributed by atoms with van der Waals surface area (Å²) >= 11 is 6.80. The number of carbonyl (C=O) groups is 2. The van der Waals surface area contributed by atoms with Crippen molar-refractivity contribution in [2.24, 2.45) is 10.2 Å². The van der Waals surface area contributed by atoms with Crippen LogP contribution in [0.4, 0.5) is 10.5 Å². The molecule has 15 heteroatoms. The van der Waals surface area contributed by atoms with Crippen LogP contribution < -0.4 is 10.1 Å². The van der Waals surface area contributed by atoms with Gasteiger partial charge in [0.1, 0.15) is 6.07 Å². The highest BCUT2D eigenvalue weighted by Gasteiger charge is 2.23. The van der Waals surface area contributed by atoms with Crippen LogP contribution in [0.2, 0.25) is 0 Å². The van der Waals surface area contributed by atoms with E-state index in [2.05, 4.69) is 47.1 Å². The molecule has 2 N–H and O–H groups in total. The topological polar surface area (TPSA) is 176 Å². The van der Waals surface area contributed by atoms with Gasteiger partial charge < -0.3 is 9.84 Å². The molecular weight excluding hydrogens is 696 g/mol. The fraction of sp³-hybridized carbons (Fsp3) is 0.185. The van der Waals surface area contributed by atoms with Gasteiger partial charge in [-0.2, -0.15) is 15.5 Å². The molecule has 0 aliphatic carbocycles. The number of aromatic nitrogens is 2. The Balaban J connectivity index is 1.63. The van der Waals surface area contributed by atoms with Crippen LogP contribution in [0.15, 0.2) is 80.0 Å². The maximum Gasteiger partial charge on any atom is 0.411 e. The summed E-state index contributed by atoms with van der Waals surface area (Å²) in [6.45, 7) is 3.89. The minimum Gasteiger partial charge on any atom is -0.465 e. The third-order valence-corrected chi connectivity index (χ3v) is 8.59. The minimum absolute atomic E-state index is 0.0265. The number of nitrogens with one attached hydrogen (secondary N) is 1. The van der Waals surface area contributed by atoms with Crippen molar-refractivity contribution in [3.63, 3.8) is 0 Å². The molecule has 0 saturated carbocycles. The first-order valence-corrected chi connectivity index (χ1v) is 15.4. The van der Waals surface area contributed by atoms with E-state index in [1.807, 2.05) is 19.9 Å². The van der Waals surface area contributed by atoms with Gasteiger partial charge in [-0.05, 0) is 61.5 Å². The molecule has 2 aromatic heterocycles. The van der Waals surface area contributed by atoms with Crippen LogP contribution in [0.1, 0.15) is 30.9 Å². The first-order chi connectivity index (χ1) is 19.9. The van der Waals surface area contributed by atoms with E-state index >= 15 is 0 Å². The summed E-state index contributed by atoms with van der Waals surface area (Å²) in [5.74, 6) is -0.801. The number of fused-ring (bicyclic) bond motifs is 1. The Bertz CT molecular complexity index is 1830. The standard InChI is InChI=1S/C27H22Br2N6O6S/c1-15(2)18-13-35(42(39,40)14-16-6-4-3-5-7-16)22-8-9-23(31-24(18)22)41-25-19(28)10-17(11-20(25)29)33-34-21(12-30)26(36)32-27(37)38/h3-11,13,15,21H,14H2,1-2H3,(H,32,36)(H,37,38). The van der Waals surface area contributed by atoms with Crippen molar-refractivity contribution in [3.8, 4) is 17.7 Å². The molecule has 0 saturated heterocycles. The molecule has 0 radical (unpaired) electrons. The number of benzene rings is 2. The molecule has 1 unspecified atom stereocenters. The van der Waals surface area contributed by atoms with Crippen LogP contribution in [0, 0.1) is 11.3 Å². The molecule has 0 aliphatic rings. The molecule has 4 rings (SSSR count). The number of hydrogen-bond donors (Lipinski definition) is 2. The van der Waals surface area contributed by atoms with E-state index in [1.54, 1.807) is 54.0 Å². The van der Waals surface area contributed by atoms with Gasteiger partial charge in [-0.1, -0.05) is 44.2 Å². The molecule has 2 heterocycles. The second-order valence-corrected chi connectivity index (χ2v) is 12.7. The van der Waals surface area contributed by atoms with Crippen molar-refractivity contribution in [1.82, 2.24) is 14.3 Å². The smallest absolute Gasteiger partial charge is 0.411 e. The molecule has 0 fully saturated rings. The number of azo groups is 1. The predicted octanol–water partition coefficient (Wildman–Crippen LogP) is 6.63. The minimum atomic E-state index is -3.74. The summed E-state index contributed by atoms with van der Waals surface area (Å²) in [5.41, 5.74) is 2.55. The molecule has 2 aromatic carbocycles. The van der Waals surface area contributed by atoms with Gasteiger partial charge in [0.2, 0.25) is 21.9 Å². The van der Waals surface area contributed by atoms with Crippen LogP contribution >= 0.6 is 31.9 Å². The van der Waals surface area contributed by atoms with E-state index in [4.69, 9.17) is 15.1 Å². The summed E-state index contributed by atoms with van der Waals surface area (Å²) in [6.07, 6.45) is -0.0125. The number of imide groups is 1. The molecule has 1 atom stereocenters. The van der Waals surface area contributed by atoms with Crippen LogP contribution in [-0.2, 0) is 20.6 Å². The molecular formula is C27H22Br2N6O6S. The summed E-state index contributed by atoms with van der Waals surface area (Å²) in [6, 6.07) is 15.1. The molecule has 0 bridgehead atoms. The summed E-state index contributed by atoms with van der Waals surface area (Å²) < 4.78 is 34.9. The Kier molecular flexibility index (Phi) is 9.40. The van der Waals surface area contributed by atoms with Crippen LogP contribution in [-0.4, -0.2) is 40.5 Å². The lowest BCUT2D eigenvalue weighted by atomic mass is 10.1. The highest BCUT2D eigenvalue weighted by Crippen LogP contribution is 2.40. The molecule has 0 aliphatic heterocycles. The maximum atomic E-state index is 13.4. The molecule has 216 valence electrons. The fourth-order valence-electron chi connectivity index (χ4n) is 3.89. The molecule has 0 spiro atoms. The Morgan fingerprint density at radius 1 is 1.14 bits per heavy atom. The zero-order chi connectivity index (χ0) is 30.6. The Morgan fingerprint density at radius 2 is 1.81 bits per heavy atom. The average molecular weight is 718 g/mol. The number of carbonyl (C=O) groups excluding carboxylic acids is 1. The lowest BCUT2D eigenvalue weighted by Crippen LogP contribution is -2.36. The van der Waals surface area contributed by atoms with Gasteiger partial charge in [0, 0.05) is 17.8 Å². The van der Waals surface area contributed by atoms with Crippen molar-refractivity contribution in [2.75, 3.05) is 0 Å². The second-order valence-electron chi connectivity index (χ2n) is 9.18. The fourth-order valence-corrected chi connectivity index (χ4v) is 6.68. The number of nitriles is 1. The number of hydrogen-bond acceptors (Lipinski definition) is 9. The van der Waals surface area contributed by atoms with Crippen molar-refractivity contribution >= 4 is 70.6 Å². The Labute approximate surface area is 257 Å². The third kappa shape index (κ3) is 7.01. The first kappa shape index (κ1) is 30.8. The Hall–Kier alpha value is -4.13. The molecule has 2 amide bonds. The van der Waals surface area contributed by atoms with Gasteiger partial charge in [0.05, 0.1) is 31.4 Å². The predicted molar refractivity (Wildman–Crippen MR) is 160 cm³/mol. The molecule has 4 aromatic rings. The highest BCUT2D eigenvalue weighted by molar-refractivity contribution is 9.11. The quantitative estimate of drug-likeness (QED) is 0.181. The molecule has 42 heavy (non-hydrogen) atoms. The van der Waals surface area contributed by atoms with E-state index in [0.29, 0.717) is 31.3 Å². The largest absolute Gasteiger partial charge is 0.465 e. The van der Waals surface area contributed by atoms with E-state index in [-0.39, 0.29) is 23.2 Å². The summed E-state index contributed by atoms with van der Waals surface area (Å²) in [7, 11) is -3.74. The normalized spacial score (nSPS) is 12.4. The third-order valence-electron chi connectivity index (χ3n) is 5.81. The first-order valence-electron chi connectivity index (χ1n) is 12.2. The van der Waals surface area contributed by atoms with E-state index in [0.717, 1.165) is 5.56 Å². The number of carboxylic acid groups (broad SMARTS) is 1. The van der Waals surface area contributed by atoms with Crippen LogP contribution in [0.25, 0.3) is 11.0 Å². The maximum absolute atomic E-state index is 13.4. The highest BCUT2D eigenvalue weighted by atomic mass is 79.9.